The van der Waals surface area contributed by atoms with E-state index in [0.29, 0.717) is 12.1 Å². The van der Waals surface area contributed by atoms with Crippen LogP contribution in [0, 0.1) is 17.8 Å². The van der Waals surface area contributed by atoms with Crippen molar-refractivity contribution in [2.75, 3.05) is 0 Å². The average molecular weight is 267 g/mol. The molecule has 1 aromatic rings. The lowest BCUT2D eigenvalue weighted by atomic mass is 9.84. The smallest absolute Gasteiger partial charge is 0.0113 e. The van der Waals surface area contributed by atoms with Crippen molar-refractivity contribution in [1.29, 1.82) is 0 Å². The van der Waals surface area contributed by atoms with Crippen LogP contribution in [0.15, 0.2) is 36.4 Å². The van der Waals surface area contributed by atoms with Gasteiger partial charge in [0.05, 0.1) is 0 Å². The van der Waals surface area contributed by atoms with E-state index in [9.17, 15) is 0 Å². The van der Waals surface area contributed by atoms with E-state index in [1.807, 2.05) is 0 Å². The van der Waals surface area contributed by atoms with Gasteiger partial charge in [-0.25, -0.2) is 0 Å². The molecule has 1 saturated carbocycles. The zero-order chi connectivity index (χ0) is 13.5. The van der Waals surface area contributed by atoms with E-state index in [1.54, 1.807) is 11.1 Å². The number of nitrogens with one attached hydrogen (secondary N) is 1. The van der Waals surface area contributed by atoms with Crippen LogP contribution < -0.4 is 5.32 Å². The highest BCUT2D eigenvalue weighted by atomic mass is 15.0. The van der Waals surface area contributed by atoms with Crippen LogP contribution in [-0.2, 0) is 12.8 Å². The Balaban J connectivity index is 1.39. The molecule has 0 saturated heterocycles. The highest BCUT2D eigenvalue weighted by molar-refractivity contribution is 5.30. The first-order valence-electron chi connectivity index (χ1n) is 8.31. The van der Waals surface area contributed by atoms with E-state index >= 15 is 0 Å². The van der Waals surface area contributed by atoms with Gasteiger partial charge in [0.15, 0.2) is 0 Å². The van der Waals surface area contributed by atoms with Gasteiger partial charge in [0, 0.05) is 12.1 Å². The summed E-state index contributed by atoms with van der Waals surface area (Å²) in [6.45, 7) is 2.42. The number of rotatable bonds is 3. The number of allylic oxidation sites excluding steroid dienone is 2. The fourth-order valence-corrected chi connectivity index (χ4v) is 4.73. The molecular formula is C19H25N. The maximum atomic E-state index is 3.95. The standard InChI is InChI=1S/C19H25N/c1-13(19-11-14-6-7-17(19)10-14)20-18-9-8-15-4-2-3-5-16(15)12-18/h2-7,13-14,17-20H,8-12H2,1H3. The van der Waals surface area contributed by atoms with Crippen molar-refractivity contribution in [3.05, 3.63) is 47.5 Å². The number of fused-ring (bicyclic) bond motifs is 3. The highest BCUT2D eigenvalue weighted by Gasteiger charge is 2.38. The van der Waals surface area contributed by atoms with Gasteiger partial charge < -0.3 is 5.32 Å². The van der Waals surface area contributed by atoms with Crippen molar-refractivity contribution >= 4 is 0 Å². The van der Waals surface area contributed by atoms with Gasteiger partial charge in [0.1, 0.15) is 0 Å². The SMILES string of the molecule is CC(NC1CCc2ccccc2C1)C1CC2C=CC1C2. The van der Waals surface area contributed by atoms with E-state index in [1.165, 1.54) is 32.1 Å². The Kier molecular flexibility index (Phi) is 3.18. The van der Waals surface area contributed by atoms with Crippen molar-refractivity contribution in [3.63, 3.8) is 0 Å². The lowest BCUT2D eigenvalue weighted by molar-refractivity contribution is 0.288. The van der Waals surface area contributed by atoms with Crippen LogP contribution >= 0.6 is 0 Å². The summed E-state index contributed by atoms with van der Waals surface area (Å²) in [6, 6.07) is 10.3. The number of benzene rings is 1. The van der Waals surface area contributed by atoms with E-state index < -0.39 is 0 Å². The summed E-state index contributed by atoms with van der Waals surface area (Å²) in [4.78, 5) is 0. The van der Waals surface area contributed by atoms with Gasteiger partial charge in [-0.15, -0.1) is 0 Å². The van der Waals surface area contributed by atoms with E-state index in [0.717, 1.165) is 17.8 Å². The normalized spacial score (nSPS) is 36.0. The summed E-state index contributed by atoms with van der Waals surface area (Å²) in [5, 5.41) is 3.95. The van der Waals surface area contributed by atoms with Crippen molar-refractivity contribution in [2.24, 2.45) is 17.8 Å². The summed E-state index contributed by atoms with van der Waals surface area (Å²) < 4.78 is 0. The van der Waals surface area contributed by atoms with Crippen LogP contribution in [-0.4, -0.2) is 12.1 Å². The molecule has 0 amide bonds. The number of aryl methyl sites for hydroxylation is 1. The molecule has 5 atom stereocenters. The topological polar surface area (TPSA) is 12.0 Å². The minimum atomic E-state index is 0.671. The van der Waals surface area contributed by atoms with Crippen molar-refractivity contribution in [2.45, 2.75) is 51.1 Å². The van der Waals surface area contributed by atoms with Gasteiger partial charge in [-0.3, -0.25) is 0 Å². The fourth-order valence-electron chi connectivity index (χ4n) is 4.73. The molecular weight excluding hydrogens is 242 g/mol. The summed E-state index contributed by atoms with van der Waals surface area (Å²) in [5.74, 6) is 2.63. The van der Waals surface area contributed by atoms with Crippen molar-refractivity contribution in [1.82, 2.24) is 5.32 Å². The Morgan fingerprint density at radius 1 is 1.10 bits per heavy atom. The van der Waals surface area contributed by atoms with Crippen LogP contribution in [0.3, 0.4) is 0 Å². The molecule has 1 N–H and O–H groups in total. The predicted molar refractivity (Wildman–Crippen MR) is 83.7 cm³/mol. The molecule has 0 heterocycles. The summed E-state index contributed by atoms with van der Waals surface area (Å²) in [7, 11) is 0. The number of hydrogen-bond acceptors (Lipinski definition) is 1. The number of hydrogen-bond donors (Lipinski definition) is 1. The second kappa shape index (κ2) is 5.04. The molecule has 1 heteroatoms. The molecule has 0 aliphatic heterocycles. The molecule has 1 fully saturated rings. The zero-order valence-electron chi connectivity index (χ0n) is 12.4. The minimum absolute atomic E-state index is 0.671. The Bertz CT molecular complexity index is 518. The second-order valence-corrected chi connectivity index (χ2v) is 7.11. The molecule has 20 heavy (non-hydrogen) atoms. The Morgan fingerprint density at radius 3 is 2.70 bits per heavy atom. The maximum absolute atomic E-state index is 3.95. The summed E-state index contributed by atoms with van der Waals surface area (Å²) >= 11 is 0. The molecule has 2 bridgehead atoms. The summed E-state index contributed by atoms with van der Waals surface area (Å²) in [6.07, 6.45) is 11.5. The molecule has 4 rings (SSSR count). The quantitative estimate of drug-likeness (QED) is 0.823. The fraction of sp³-hybridized carbons (Fsp3) is 0.579. The van der Waals surface area contributed by atoms with Gasteiger partial charge in [-0.1, -0.05) is 36.4 Å². The highest BCUT2D eigenvalue weighted by Crippen LogP contribution is 2.45. The third-order valence-electron chi connectivity index (χ3n) is 5.82. The van der Waals surface area contributed by atoms with Gasteiger partial charge in [0.2, 0.25) is 0 Å². The first-order chi connectivity index (χ1) is 9.79. The third-order valence-corrected chi connectivity index (χ3v) is 5.82. The van der Waals surface area contributed by atoms with Gasteiger partial charge >= 0.3 is 0 Å². The first-order valence-corrected chi connectivity index (χ1v) is 8.31. The Morgan fingerprint density at radius 2 is 1.95 bits per heavy atom. The van der Waals surface area contributed by atoms with Gasteiger partial charge in [-0.2, -0.15) is 0 Å². The van der Waals surface area contributed by atoms with E-state index in [-0.39, 0.29) is 0 Å². The molecule has 3 aliphatic rings. The van der Waals surface area contributed by atoms with E-state index in [4.69, 9.17) is 0 Å². The average Bonchev–Trinajstić information content (AvgIpc) is 3.10. The predicted octanol–water partition coefficient (Wildman–Crippen LogP) is 3.73. The largest absolute Gasteiger partial charge is 0.311 e. The van der Waals surface area contributed by atoms with Crippen LogP contribution in [0.5, 0.6) is 0 Å². The van der Waals surface area contributed by atoms with Crippen LogP contribution in [0.25, 0.3) is 0 Å². The van der Waals surface area contributed by atoms with Crippen molar-refractivity contribution < 1.29 is 0 Å². The van der Waals surface area contributed by atoms with E-state index in [2.05, 4.69) is 48.7 Å². The Hall–Kier alpha value is -1.08. The lowest BCUT2D eigenvalue weighted by Gasteiger charge is -2.33. The van der Waals surface area contributed by atoms with Crippen molar-refractivity contribution in [3.8, 4) is 0 Å². The summed E-state index contributed by atoms with van der Waals surface area (Å²) in [5.41, 5.74) is 3.14. The maximum Gasteiger partial charge on any atom is 0.0113 e. The van der Waals surface area contributed by atoms with Crippen LogP contribution in [0.2, 0.25) is 0 Å². The molecule has 106 valence electrons. The molecule has 0 aromatic heterocycles. The molecule has 0 radical (unpaired) electrons. The molecule has 0 spiro atoms. The lowest BCUT2D eigenvalue weighted by Crippen LogP contribution is -2.44. The monoisotopic (exact) mass is 267 g/mol. The third kappa shape index (κ3) is 2.22. The minimum Gasteiger partial charge on any atom is -0.311 e. The first kappa shape index (κ1) is 12.6. The van der Waals surface area contributed by atoms with Crippen LogP contribution in [0.4, 0.5) is 0 Å². The molecule has 1 nitrogen and oxygen atoms in total. The Labute approximate surface area is 122 Å². The zero-order valence-corrected chi connectivity index (χ0v) is 12.4. The second-order valence-electron chi connectivity index (χ2n) is 7.11. The van der Waals surface area contributed by atoms with Crippen LogP contribution in [0.1, 0.15) is 37.3 Å². The van der Waals surface area contributed by atoms with Gasteiger partial charge in [-0.05, 0) is 67.9 Å². The van der Waals surface area contributed by atoms with Gasteiger partial charge in [0.25, 0.3) is 0 Å². The molecule has 1 aromatic carbocycles. The molecule has 3 aliphatic carbocycles. The molecule has 5 unspecified atom stereocenters.